The van der Waals surface area contributed by atoms with Crippen molar-refractivity contribution in [3.63, 3.8) is 0 Å². The molecule has 0 saturated heterocycles. The Bertz CT molecular complexity index is 305. The van der Waals surface area contributed by atoms with Gasteiger partial charge in [0.05, 0.1) is 12.5 Å². The Morgan fingerprint density at radius 1 is 1.10 bits per heavy atom. The van der Waals surface area contributed by atoms with Crippen LogP contribution in [0.15, 0.2) is 0 Å². The molecule has 0 spiro atoms. The monoisotopic (exact) mass is 301 g/mol. The van der Waals surface area contributed by atoms with Gasteiger partial charge >= 0.3 is 5.97 Å². The fraction of sp³-hybridized carbons (Fsp3) is 0.875. The number of carboxylic acid groups (broad SMARTS) is 1. The molecule has 0 saturated carbocycles. The second-order valence-electron chi connectivity index (χ2n) is 6.15. The predicted molar refractivity (Wildman–Crippen MR) is 83.0 cm³/mol. The van der Waals surface area contributed by atoms with Crippen molar-refractivity contribution in [3.8, 4) is 0 Å². The van der Waals surface area contributed by atoms with Crippen molar-refractivity contribution in [1.29, 1.82) is 0 Å². The van der Waals surface area contributed by atoms with Gasteiger partial charge in [-0.3, -0.25) is 4.79 Å². The number of rotatable bonds is 12. The molecule has 0 bridgehead atoms. The van der Waals surface area contributed by atoms with E-state index in [1.54, 1.807) is 0 Å². The molecule has 0 aromatic carbocycles. The van der Waals surface area contributed by atoms with Crippen LogP contribution in [0, 0.1) is 5.92 Å². The Hall–Kier alpha value is -1.10. The van der Waals surface area contributed by atoms with Gasteiger partial charge < -0.3 is 15.5 Å². The molecule has 0 rings (SSSR count). The Kier molecular flexibility index (Phi) is 10.9. The van der Waals surface area contributed by atoms with Crippen LogP contribution in [0.25, 0.3) is 0 Å². The third-order valence-corrected chi connectivity index (χ3v) is 3.40. The maximum atomic E-state index is 11.8. The Balaban J connectivity index is 3.96. The molecule has 2 atom stereocenters. The Morgan fingerprint density at radius 3 is 2.24 bits per heavy atom. The number of carbonyl (C=O) groups is 2. The number of amides is 1. The van der Waals surface area contributed by atoms with E-state index in [9.17, 15) is 14.7 Å². The third-order valence-electron chi connectivity index (χ3n) is 3.40. The number of unbranched alkanes of at least 4 members (excludes halogenated alkanes) is 4. The van der Waals surface area contributed by atoms with Crippen LogP contribution in [0.4, 0.5) is 0 Å². The number of hydrogen-bond donors (Lipinski definition) is 3. The first-order chi connectivity index (χ1) is 9.86. The zero-order chi connectivity index (χ0) is 16.3. The zero-order valence-electron chi connectivity index (χ0n) is 13.6. The summed E-state index contributed by atoms with van der Waals surface area (Å²) in [6.07, 6.45) is 5.80. The van der Waals surface area contributed by atoms with E-state index < -0.39 is 18.1 Å². The molecule has 0 aromatic heterocycles. The van der Waals surface area contributed by atoms with E-state index >= 15 is 0 Å². The van der Waals surface area contributed by atoms with E-state index in [0.29, 0.717) is 12.8 Å². The van der Waals surface area contributed by atoms with E-state index in [2.05, 4.69) is 12.2 Å². The van der Waals surface area contributed by atoms with Gasteiger partial charge in [0.15, 0.2) is 0 Å². The molecule has 2 unspecified atom stereocenters. The summed E-state index contributed by atoms with van der Waals surface area (Å²) in [5.41, 5.74) is 0. The lowest BCUT2D eigenvalue weighted by atomic mass is 10.0. The molecule has 124 valence electrons. The highest BCUT2D eigenvalue weighted by atomic mass is 16.4. The van der Waals surface area contributed by atoms with Gasteiger partial charge in [-0.1, -0.05) is 52.9 Å². The Morgan fingerprint density at radius 2 is 1.71 bits per heavy atom. The van der Waals surface area contributed by atoms with E-state index in [4.69, 9.17) is 5.11 Å². The lowest BCUT2D eigenvalue weighted by Gasteiger charge is -2.17. The number of carboxylic acids is 1. The van der Waals surface area contributed by atoms with Gasteiger partial charge in [0.2, 0.25) is 5.91 Å². The number of nitrogens with one attached hydrogen (secondary N) is 1. The predicted octanol–water partition coefficient (Wildman–Crippen LogP) is 2.71. The summed E-state index contributed by atoms with van der Waals surface area (Å²) < 4.78 is 0. The maximum absolute atomic E-state index is 11.8. The van der Waals surface area contributed by atoms with Crippen molar-refractivity contribution in [2.45, 2.75) is 84.3 Å². The maximum Gasteiger partial charge on any atom is 0.326 e. The third kappa shape index (κ3) is 11.3. The van der Waals surface area contributed by atoms with Crippen LogP contribution >= 0.6 is 0 Å². The summed E-state index contributed by atoms with van der Waals surface area (Å²) in [4.78, 5) is 22.8. The molecule has 0 radical (unpaired) electrons. The average molecular weight is 301 g/mol. The lowest BCUT2D eigenvalue weighted by Crippen LogP contribution is -2.42. The standard InChI is InChI=1S/C16H31NO4/c1-4-5-6-7-8-9-13(18)11-15(19)17-14(16(20)21)10-12(2)3/h12-14,18H,4-11H2,1-3H3,(H,17,19)(H,20,21). The van der Waals surface area contributed by atoms with Crippen LogP contribution in [-0.4, -0.2) is 34.2 Å². The molecular weight excluding hydrogens is 270 g/mol. The summed E-state index contributed by atoms with van der Waals surface area (Å²) in [6, 6.07) is -0.866. The zero-order valence-corrected chi connectivity index (χ0v) is 13.6. The van der Waals surface area contributed by atoms with Gasteiger partial charge in [0.25, 0.3) is 0 Å². The highest BCUT2D eigenvalue weighted by Crippen LogP contribution is 2.10. The fourth-order valence-electron chi connectivity index (χ4n) is 2.25. The van der Waals surface area contributed by atoms with E-state index in [1.807, 2.05) is 13.8 Å². The van der Waals surface area contributed by atoms with Gasteiger partial charge in [-0.25, -0.2) is 4.79 Å². The van der Waals surface area contributed by atoms with Gasteiger partial charge in [-0.15, -0.1) is 0 Å². The summed E-state index contributed by atoms with van der Waals surface area (Å²) in [5.74, 6) is -1.22. The van der Waals surface area contributed by atoms with Gasteiger partial charge in [-0.2, -0.15) is 0 Å². The SMILES string of the molecule is CCCCCCCC(O)CC(=O)NC(CC(C)C)C(=O)O. The van der Waals surface area contributed by atoms with Gasteiger partial charge in [-0.05, 0) is 18.8 Å². The second kappa shape index (κ2) is 11.5. The van der Waals surface area contributed by atoms with Crippen molar-refractivity contribution in [3.05, 3.63) is 0 Å². The van der Waals surface area contributed by atoms with Gasteiger partial charge in [0, 0.05) is 0 Å². The molecule has 1 amide bonds. The van der Waals surface area contributed by atoms with Gasteiger partial charge in [0.1, 0.15) is 6.04 Å². The molecule has 0 aromatic rings. The average Bonchev–Trinajstić information content (AvgIpc) is 2.36. The minimum absolute atomic E-state index is 0.0182. The van der Waals surface area contributed by atoms with Crippen LogP contribution in [0.3, 0.4) is 0 Å². The van der Waals surface area contributed by atoms with Crippen LogP contribution in [0.5, 0.6) is 0 Å². The minimum atomic E-state index is -1.02. The summed E-state index contributed by atoms with van der Waals surface area (Å²) in [7, 11) is 0. The van der Waals surface area contributed by atoms with Crippen molar-refractivity contribution in [2.75, 3.05) is 0 Å². The lowest BCUT2D eigenvalue weighted by molar-refractivity contribution is -0.142. The van der Waals surface area contributed by atoms with Crippen LogP contribution in [0.2, 0.25) is 0 Å². The highest BCUT2D eigenvalue weighted by molar-refractivity contribution is 5.83. The molecule has 0 heterocycles. The summed E-state index contributed by atoms with van der Waals surface area (Å²) in [5, 5.41) is 21.3. The number of hydrogen-bond acceptors (Lipinski definition) is 3. The first-order valence-corrected chi connectivity index (χ1v) is 8.07. The number of aliphatic carboxylic acids is 1. The molecule has 0 aliphatic heterocycles. The fourth-order valence-corrected chi connectivity index (χ4v) is 2.25. The molecule has 0 aliphatic carbocycles. The molecule has 0 aliphatic rings. The molecule has 3 N–H and O–H groups in total. The van der Waals surface area contributed by atoms with Crippen LogP contribution in [-0.2, 0) is 9.59 Å². The molecule has 21 heavy (non-hydrogen) atoms. The van der Waals surface area contributed by atoms with E-state index in [-0.39, 0.29) is 18.2 Å². The number of aliphatic hydroxyl groups is 1. The summed E-state index contributed by atoms with van der Waals surface area (Å²) >= 11 is 0. The topological polar surface area (TPSA) is 86.6 Å². The largest absolute Gasteiger partial charge is 0.480 e. The van der Waals surface area contributed by atoms with Crippen molar-refractivity contribution >= 4 is 11.9 Å². The number of carbonyl (C=O) groups excluding carboxylic acids is 1. The molecule has 5 nitrogen and oxygen atoms in total. The summed E-state index contributed by atoms with van der Waals surface area (Å²) in [6.45, 7) is 5.97. The second-order valence-corrected chi connectivity index (χ2v) is 6.15. The van der Waals surface area contributed by atoms with Crippen molar-refractivity contribution in [2.24, 2.45) is 5.92 Å². The molecule has 0 fully saturated rings. The smallest absolute Gasteiger partial charge is 0.326 e. The first-order valence-electron chi connectivity index (χ1n) is 8.07. The molecule has 5 heteroatoms. The van der Waals surface area contributed by atoms with E-state index in [1.165, 1.54) is 12.8 Å². The highest BCUT2D eigenvalue weighted by Gasteiger charge is 2.22. The Labute approximate surface area is 128 Å². The molecular formula is C16H31NO4. The van der Waals surface area contributed by atoms with Crippen LogP contribution in [0.1, 0.15) is 72.1 Å². The minimum Gasteiger partial charge on any atom is -0.480 e. The number of aliphatic hydroxyl groups excluding tert-OH is 1. The van der Waals surface area contributed by atoms with Crippen LogP contribution < -0.4 is 5.32 Å². The first kappa shape index (κ1) is 19.9. The van der Waals surface area contributed by atoms with E-state index in [0.717, 1.165) is 19.3 Å². The van der Waals surface area contributed by atoms with Crippen molar-refractivity contribution < 1.29 is 19.8 Å². The van der Waals surface area contributed by atoms with Crippen molar-refractivity contribution in [1.82, 2.24) is 5.32 Å². The quantitative estimate of drug-likeness (QED) is 0.484. The normalized spacial score (nSPS) is 14.0.